The first-order chi connectivity index (χ1) is 9.10. The van der Waals surface area contributed by atoms with Gasteiger partial charge in [-0.1, -0.05) is 33.6 Å². The highest BCUT2D eigenvalue weighted by molar-refractivity contribution is 4.92. The van der Waals surface area contributed by atoms with E-state index in [1.807, 2.05) is 0 Å². The van der Waals surface area contributed by atoms with E-state index in [1.54, 1.807) is 0 Å². The summed E-state index contributed by atoms with van der Waals surface area (Å²) in [6.45, 7) is 12.0. The van der Waals surface area contributed by atoms with Crippen LogP contribution < -0.4 is 10.6 Å². The van der Waals surface area contributed by atoms with Crippen LogP contribution in [0.1, 0.15) is 65.7 Å². The maximum absolute atomic E-state index is 3.87. The van der Waals surface area contributed by atoms with E-state index in [-0.39, 0.29) is 0 Å². The molecule has 2 heteroatoms. The first-order valence-electron chi connectivity index (χ1n) is 8.51. The van der Waals surface area contributed by atoms with Gasteiger partial charge in [-0.05, 0) is 55.4 Å². The molecule has 2 nitrogen and oxygen atoms in total. The van der Waals surface area contributed by atoms with Gasteiger partial charge in [0.25, 0.3) is 0 Å². The molecule has 1 aliphatic carbocycles. The van der Waals surface area contributed by atoms with Crippen LogP contribution in [-0.2, 0) is 0 Å². The maximum Gasteiger partial charge on any atom is 0.00206 e. The summed E-state index contributed by atoms with van der Waals surface area (Å²) in [7, 11) is 0. The van der Waals surface area contributed by atoms with E-state index in [0.29, 0.717) is 10.8 Å². The van der Waals surface area contributed by atoms with Gasteiger partial charge >= 0.3 is 0 Å². The van der Waals surface area contributed by atoms with Crippen LogP contribution >= 0.6 is 0 Å². The molecule has 2 N–H and O–H groups in total. The van der Waals surface area contributed by atoms with Gasteiger partial charge in [0.05, 0.1) is 0 Å². The number of rotatable bonds is 7. The van der Waals surface area contributed by atoms with Crippen molar-refractivity contribution in [3.8, 4) is 0 Å². The fourth-order valence-electron chi connectivity index (χ4n) is 4.41. The van der Waals surface area contributed by atoms with Crippen molar-refractivity contribution >= 4 is 0 Å². The monoisotopic (exact) mass is 266 g/mol. The molecule has 0 aromatic heterocycles. The van der Waals surface area contributed by atoms with E-state index < -0.39 is 0 Å². The number of hydrogen-bond donors (Lipinski definition) is 2. The van der Waals surface area contributed by atoms with E-state index in [4.69, 9.17) is 0 Å². The zero-order valence-corrected chi connectivity index (χ0v) is 13.4. The van der Waals surface area contributed by atoms with E-state index in [1.165, 1.54) is 71.1 Å². The SMILES string of the molecule is CCC1(CNCC2(CC(C)C)CCCC2)CCNC1. The fraction of sp³-hybridized carbons (Fsp3) is 1.00. The molecule has 0 bridgehead atoms. The summed E-state index contributed by atoms with van der Waals surface area (Å²) >= 11 is 0. The van der Waals surface area contributed by atoms with E-state index in [2.05, 4.69) is 31.4 Å². The molecule has 2 fully saturated rings. The van der Waals surface area contributed by atoms with Crippen LogP contribution in [0.15, 0.2) is 0 Å². The fourth-order valence-corrected chi connectivity index (χ4v) is 4.41. The largest absolute Gasteiger partial charge is 0.316 e. The Morgan fingerprint density at radius 3 is 2.26 bits per heavy atom. The van der Waals surface area contributed by atoms with Gasteiger partial charge in [-0.15, -0.1) is 0 Å². The second-order valence-electron chi connectivity index (χ2n) is 7.69. The van der Waals surface area contributed by atoms with Crippen LogP contribution in [0, 0.1) is 16.7 Å². The molecule has 2 aliphatic rings. The Hall–Kier alpha value is -0.0800. The van der Waals surface area contributed by atoms with Gasteiger partial charge in [0, 0.05) is 19.6 Å². The minimum Gasteiger partial charge on any atom is -0.316 e. The third kappa shape index (κ3) is 3.95. The van der Waals surface area contributed by atoms with Crippen molar-refractivity contribution in [2.45, 2.75) is 65.7 Å². The predicted octanol–water partition coefficient (Wildman–Crippen LogP) is 3.57. The van der Waals surface area contributed by atoms with Crippen LogP contribution in [0.4, 0.5) is 0 Å². The Labute approximate surface area is 120 Å². The summed E-state index contributed by atoms with van der Waals surface area (Å²) in [5, 5.41) is 7.41. The minimum absolute atomic E-state index is 0.539. The average Bonchev–Trinajstić information content (AvgIpc) is 2.99. The number of hydrogen-bond acceptors (Lipinski definition) is 2. The summed E-state index contributed by atoms with van der Waals surface area (Å²) in [6.07, 6.45) is 9.89. The van der Waals surface area contributed by atoms with Crippen LogP contribution in [0.5, 0.6) is 0 Å². The molecule has 1 atom stereocenters. The van der Waals surface area contributed by atoms with E-state index >= 15 is 0 Å². The second-order valence-corrected chi connectivity index (χ2v) is 7.69. The molecule has 112 valence electrons. The van der Waals surface area contributed by atoms with Gasteiger partial charge in [-0.2, -0.15) is 0 Å². The molecule has 0 spiro atoms. The van der Waals surface area contributed by atoms with Crippen LogP contribution in [0.3, 0.4) is 0 Å². The quantitative estimate of drug-likeness (QED) is 0.736. The molecule has 1 heterocycles. The second kappa shape index (κ2) is 6.58. The third-order valence-electron chi connectivity index (χ3n) is 5.59. The lowest BCUT2D eigenvalue weighted by Gasteiger charge is -2.34. The molecule has 0 aromatic carbocycles. The summed E-state index contributed by atoms with van der Waals surface area (Å²) in [6, 6.07) is 0. The normalized spacial score (nSPS) is 30.3. The number of nitrogens with one attached hydrogen (secondary N) is 2. The summed E-state index contributed by atoms with van der Waals surface area (Å²) in [5.41, 5.74) is 1.16. The van der Waals surface area contributed by atoms with Gasteiger partial charge in [-0.25, -0.2) is 0 Å². The first kappa shape index (κ1) is 15.3. The minimum atomic E-state index is 0.539. The summed E-state index contributed by atoms with van der Waals surface area (Å²) < 4.78 is 0. The first-order valence-corrected chi connectivity index (χ1v) is 8.51. The molecular formula is C17H34N2. The van der Waals surface area contributed by atoms with Gasteiger partial charge < -0.3 is 10.6 Å². The van der Waals surface area contributed by atoms with Crippen LogP contribution in [-0.4, -0.2) is 26.2 Å². The maximum atomic E-state index is 3.87. The smallest absolute Gasteiger partial charge is 0.00206 e. The highest BCUT2D eigenvalue weighted by Crippen LogP contribution is 2.42. The van der Waals surface area contributed by atoms with Gasteiger partial charge in [-0.3, -0.25) is 0 Å². The lowest BCUT2D eigenvalue weighted by Crippen LogP contribution is -2.41. The highest BCUT2D eigenvalue weighted by Gasteiger charge is 2.36. The predicted molar refractivity (Wildman–Crippen MR) is 83.4 cm³/mol. The molecule has 19 heavy (non-hydrogen) atoms. The van der Waals surface area contributed by atoms with Gasteiger partial charge in [0.1, 0.15) is 0 Å². The van der Waals surface area contributed by atoms with Crippen LogP contribution in [0.25, 0.3) is 0 Å². The van der Waals surface area contributed by atoms with Gasteiger partial charge in [0.2, 0.25) is 0 Å². The molecule has 1 saturated heterocycles. The van der Waals surface area contributed by atoms with Crippen LogP contribution in [0.2, 0.25) is 0 Å². The molecule has 1 unspecified atom stereocenters. The van der Waals surface area contributed by atoms with E-state index in [0.717, 1.165) is 5.92 Å². The van der Waals surface area contributed by atoms with E-state index in [9.17, 15) is 0 Å². The van der Waals surface area contributed by atoms with Crippen molar-refractivity contribution in [2.75, 3.05) is 26.2 Å². The zero-order valence-electron chi connectivity index (χ0n) is 13.4. The standard InChI is InChI=1S/C17H34N2/c1-4-16(9-10-18-12-16)13-19-14-17(11-15(2)3)7-5-6-8-17/h15,18-19H,4-14H2,1-3H3. The summed E-state index contributed by atoms with van der Waals surface area (Å²) in [5.74, 6) is 0.841. The van der Waals surface area contributed by atoms with Crippen molar-refractivity contribution in [1.29, 1.82) is 0 Å². The highest BCUT2D eigenvalue weighted by atomic mass is 15.0. The van der Waals surface area contributed by atoms with Crippen molar-refractivity contribution < 1.29 is 0 Å². The molecule has 0 radical (unpaired) electrons. The average molecular weight is 266 g/mol. The topological polar surface area (TPSA) is 24.1 Å². The molecule has 1 aliphatic heterocycles. The lowest BCUT2D eigenvalue weighted by atomic mass is 9.78. The third-order valence-corrected chi connectivity index (χ3v) is 5.59. The van der Waals surface area contributed by atoms with Crippen molar-refractivity contribution in [1.82, 2.24) is 10.6 Å². The molecule has 1 saturated carbocycles. The lowest BCUT2D eigenvalue weighted by molar-refractivity contribution is 0.202. The molecular weight excluding hydrogens is 232 g/mol. The molecule has 0 aromatic rings. The van der Waals surface area contributed by atoms with Crippen molar-refractivity contribution in [3.05, 3.63) is 0 Å². The van der Waals surface area contributed by atoms with Crippen molar-refractivity contribution in [3.63, 3.8) is 0 Å². The molecule has 0 amide bonds. The Bertz CT molecular complexity index is 260. The Kier molecular flexibility index (Phi) is 5.30. The Balaban J connectivity index is 1.82. The zero-order chi connectivity index (χ0) is 13.8. The summed E-state index contributed by atoms with van der Waals surface area (Å²) in [4.78, 5) is 0. The Morgan fingerprint density at radius 2 is 1.74 bits per heavy atom. The van der Waals surface area contributed by atoms with Crippen molar-refractivity contribution in [2.24, 2.45) is 16.7 Å². The van der Waals surface area contributed by atoms with Gasteiger partial charge in [0.15, 0.2) is 0 Å². The Morgan fingerprint density at radius 1 is 1.05 bits per heavy atom. The molecule has 2 rings (SSSR count).